The Kier molecular flexibility index (Phi) is 5.34. The quantitative estimate of drug-likeness (QED) is 0.796. The first-order valence-corrected chi connectivity index (χ1v) is 10.6. The number of pyridine rings is 1. The van der Waals surface area contributed by atoms with Crippen molar-refractivity contribution in [3.63, 3.8) is 0 Å². The van der Waals surface area contributed by atoms with Crippen molar-refractivity contribution in [1.82, 2.24) is 9.29 Å². The molecule has 3 rings (SSSR count). The average molecular weight is 374 g/mol. The van der Waals surface area contributed by atoms with E-state index in [2.05, 4.69) is 28.1 Å². The molecule has 2 aromatic rings. The molecule has 0 atom stereocenters. The van der Waals surface area contributed by atoms with Gasteiger partial charge in [-0.15, -0.1) is 0 Å². The van der Waals surface area contributed by atoms with Crippen molar-refractivity contribution >= 4 is 21.5 Å². The maximum Gasteiger partial charge on any atom is 0.245 e. The largest absolute Gasteiger partial charge is 0.326 e. The predicted molar refractivity (Wildman–Crippen MR) is 105 cm³/mol. The fourth-order valence-electron chi connectivity index (χ4n) is 3.73. The number of benzene rings is 1. The van der Waals surface area contributed by atoms with E-state index < -0.39 is 10.0 Å². The molecule has 26 heavy (non-hydrogen) atoms. The van der Waals surface area contributed by atoms with Crippen molar-refractivity contribution in [3.8, 4) is 0 Å². The molecule has 0 bridgehead atoms. The van der Waals surface area contributed by atoms with Crippen LogP contribution in [-0.4, -0.2) is 36.3 Å². The van der Waals surface area contributed by atoms with Crippen LogP contribution in [0.25, 0.3) is 0 Å². The van der Waals surface area contributed by atoms with Gasteiger partial charge in [0.15, 0.2) is 0 Å². The molecule has 0 N–H and O–H groups in total. The van der Waals surface area contributed by atoms with Crippen LogP contribution in [0.5, 0.6) is 0 Å². The summed E-state index contributed by atoms with van der Waals surface area (Å²) in [6.07, 6.45) is 3.61. The number of anilines is 2. The molecule has 0 unspecified atom stereocenters. The Bertz CT molecular complexity index is 853. The minimum Gasteiger partial charge on any atom is -0.326 e. The van der Waals surface area contributed by atoms with Crippen LogP contribution in [0.2, 0.25) is 0 Å². The van der Waals surface area contributed by atoms with E-state index in [1.165, 1.54) is 16.1 Å². The molecule has 0 aliphatic carbocycles. The van der Waals surface area contributed by atoms with Gasteiger partial charge in [0.2, 0.25) is 10.0 Å². The highest BCUT2D eigenvalue weighted by molar-refractivity contribution is 7.89. The lowest BCUT2D eigenvalue weighted by molar-refractivity contribution is 0.302. The average Bonchev–Trinajstić information content (AvgIpc) is 2.60. The van der Waals surface area contributed by atoms with Crippen LogP contribution in [0.3, 0.4) is 0 Å². The van der Waals surface area contributed by atoms with E-state index >= 15 is 0 Å². The molecule has 5 nitrogen and oxygen atoms in total. The fourth-order valence-corrected chi connectivity index (χ4v) is 5.51. The second kappa shape index (κ2) is 7.37. The summed E-state index contributed by atoms with van der Waals surface area (Å²) >= 11 is 0. The summed E-state index contributed by atoms with van der Waals surface area (Å²) in [5.74, 6) is 0.789. The number of rotatable bonds is 5. The molecule has 1 aliphatic rings. The van der Waals surface area contributed by atoms with Crippen molar-refractivity contribution in [1.29, 1.82) is 0 Å². The second-order valence-electron chi connectivity index (χ2n) is 7.26. The molecule has 6 heteroatoms. The number of fused-ring (bicyclic) bond motifs is 1. The van der Waals surface area contributed by atoms with Gasteiger partial charge in [-0.1, -0.05) is 18.2 Å². The van der Waals surface area contributed by atoms with Crippen molar-refractivity contribution in [2.45, 2.75) is 57.5 Å². The number of aryl methyl sites for hydroxylation is 1. The summed E-state index contributed by atoms with van der Waals surface area (Å²) < 4.78 is 27.5. The molecular formula is C20H27N3O2S. The number of para-hydroxylation sites is 1. The molecule has 140 valence electrons. The van der Waals surface area contributed by atoms with Crippen molar-refractivity contribution < 1.29 is 8.42 Å². The normalized spacial score (nSPS) is 15.0. The van der Waals surface area contributed by atoms with Gasteiger partial charge < -0.3 is 4.90 Å². The lowest BCUT2D eigenvalue weighted by Gasteiger charge is -2.31. The third-order valence-corrected chi connectivity index (χ3v) is 6.94. The Morgan fingerprint density at radius 1 is 1.04 bits per heavy atom. The van der Waals surface area contributed by atoms with Gasteiger partial charge in [0.1, 0.15) is 10.7 Å². The molecule has 1 aromatic carbocycles. The minimum atomic E-state index is -3.56. The van der Waals surface area contributed by atoms with Crippen LogP contribution in [-0.2, 0) is 16.4 Å². The maximum absolute atomic E-state index is 13.0. The lowest BCUT2D eigenvalue weighted by atomic mass is 10.0. The van der Waals surface area contributed by atoms with Crippen molar-refractivity contribution in [2.75, 3.05) is 11.4 Å². The first-order valence-electron chi connectivity index (χ1n) is 9.17. The molecule has 0 radical (unpaired) electrons. The first-order chi connectivity index (χ1) is 12.3. The monoisotopic (exact) mass is 373 g/mol. The van der Waals surface area contributed by atoms with E-state index in [0.717, 1.165) is 30.9 Å². The van der Waals surface area contributed by atoms with Crippen LogP contribution in [0.1, 0.15) is 39.7 Å². The maximum atomic E-state index is 13.0. The van der Waals surface area contributed by atoms with Crippen molar-refractivity contribution in [3.05, 3.63) is 48.2 Å². The third-order valence-electron chi connectivity index (χ3n) is 4.70. The van der Waals surface area contributed by atoms with Gasteiger partial charge in [-0.25, -0.2) is 13.4 Å². The van der Waals surface area contributed by atoms with Gasteiger partial charge in [0, 0.05) is 30.5 Å². The fraction of sp³-hybridized carbons (Fsp3) is 0.450. The standard InChI is InChI=1S/C20H27N3O2S/c1-15(2)23(16(3)4)26(24,25)18-11-12-20(21-14-18)22-13-7-9-17-8-5-6-10-19(17)22/h5-6,8,10-12,14-16H,7,9,13H2,1-4H3. The summed E-state index contributed by atoms with van der Waals surface area (Å²) in [5, 5.41) is 0. The van der Waals surface area contributed by atoms with Gasteiger partial charge in [-0.3, -0.25) is 0 Å². The summed E-state index contributed by atoms with van der Waals surface area (Å²) in [5.41, 5.74) is 2.47. The predicted octanol–water partition coefficient (Wildman–Crippen LogP) is 3.97. The molecule has 0 fully saturated rings. The highest BCUT2D eigenvalue weighted by atomic mass is 32.2. The Hall–Kier alpha value is -1.92. The zero-order chi connectivity index (χ0) is 18.9. The number of hydrogen-bond donors (Lipinski definition) is 0. The van der Waals surface area contributed by atoms with E-state index in [9.17, 15) is 8.42 Å². The van der Waals surface area contributed by atoms with E-state index in [0.29, 0.717) is 0 Å². The highest BCUT2D eigenvalue weighted by Crippen LogP contribution is 2.32. The Balaban J connectivity index is 1.93. The lowest BCUT2D eigenvalue weighted by Crippen LogP contribution is -2.41. The van der Waals surface area contributed by atoms with Gasteiger partial charge in [0.05, 0.1) is 0 Å². The van der Waals surface area contributed by atoms with Crippen LogP contribution >= 0.6 is 0 Å². The molecule has 0 amide bonds. The molecule has 0 saturated carbocycles. The second-order valence-corrected chi connectivity index (χ2v) is 9.10. The number of sulfonamides is 1. The van der Waals surface area contributed by atoms with Gasteiger partial charge in [-0.05, 0) is 64.3 Å². The highest BCUT2D eigenvalue weighted by Gasteiger charge is 2.30. The zero-order valence-corrected chi connectivity index (χ0v) is 16.7. The third kappa shape index (κ3) is 3.48. The van der Waals surface area contributed by atoms with E-state index in [1.807, 2.05) is 39.8 Å². The molecule has 0 saturated heterocycles. The van der Waals surface area contributed by atoms with Gasteiger partial charge in [-0.2, -0.15) is 4.31 Å². The van der Waals surface area contributed by atoms with E-state index in [1.54, 1.807) is 6.07 Å². The van der Waals surface area contributed by atoms with Gasteiger partial charge in [0.25, 0.3) is 0 Å². The molecular weight excluding hydrogens is 346 g/mol. The Labute approximate surface area is 156 Å². The summed E-state index contributed by atoms with van der Waals surface area (Å²) in [4.78, 5) is 6.90. The van der Waals surface area contributed by atoms with Crippen LogP contribution < -0.4 is 4.90 Å². The minimum absolute atomic E-state index is 0.103. The van der Waals surface area contributed by atoms with Gasteiger partial charge >= 0.3 is 0 Å². The summed E-state index contributed by atoms with van der Waals surface area (Å²) in [6.45, 7) is 8.46. The molecule has 0 spiro atoms. The Morgan fingerprint density at radius 2 is 1.73 bits per heavy atom. The van der Waals surface area contributed by atoms with Crippen LogP contribution in [0.4, 0.5) is 11.5 Å². The zero-order valence-electron chi connectivity index (χ0n) is 15.9. The topological polar surface area (TPSA) is 53.5 Å². The van der Waals surface area contributed by atoms with Crippen LogP contribution in [0, 0.1) is 0 Å². The van der Waals surface area contributed by atoms with E-state index in [4.69, 9.17) is 0 Å². The van der Waals surface area contributed by atoms with Crippen LogP contribution in [0.15, 0.2) is 47.5 Å². The summed E-state index contributed by atoms with van der Waals surface area (Å²) in [7, 11) is -3.56. The SMILES string of the molecule is CC(C)N(C(C)C)S(=O)(=O)c1ccc(N2CCCc3ccccc32)nc1. The molecule has 1 aromatic heterocycles. The number of nitrogens with zero attached hydrogens (tertiary/aromatic N) is 3. The molecule has 1 aliphatic heterocycles. The number of hydrogen-bond acceptors (Lipinski definition) is 4. The smallest absolute Gasteiger partial charge is 0.245 e. The summed E-state index contributed by atoms with van der Waals surface area (Å²) in [6, 6.07) is 11.6. The first kappa shape index (κ1) is 18.9. The van der Waals surface area contributed by atoms with Crippen molar-refractivity contribution in [2.24, 2.45) is 0 Å². The Morgan fingerprint density at radius 3 is 2.35 bits per heavy atom. The number of aromatic nitrogens is 1. The molecule has 2 heterocycles. The van der Waals surface area contributed by atoms with E-state index in [-0.39, 0.29) is 17.0 Å².